The highest BCUT2D eigenvalue weighted by molar-refractivity contribution is 7.80. The Morgan fingerprint density at radius 1 is 1.44 bits per heavy atom. The van der Waals surface area contributed by atoms with Gasteiger partial charge in [0.2, 0.25) is 5.91 Å². The fourth-order valence-electron chi connectivity index (χ4n) is 2.37. The second-order valence-electron chi connectivity index (χ2n) is 4.32. The molecule has 18 heavy (non-hydrogen) atoms. The van der Waals surface area contributed by atoms with Crippen LogP contribution in [0.2, 0.25) is 0 Å². The van der Waals surface area contributed by atoms with Crippen molar-refractivity contribution in [3.8, 4) is 5.75 Å². The maximum atomic E-state index is 11.8. The summed E-state index contributed by atoms with van der Waals surface area (Å²) in [4.78, 5) is 16.0. The molecule has 0 radical (unpaired) electrons. The lowest BCUT2D eigenvalue weighted by Gasteiger charge is -2.28. The zero-order valence-corrected chi connectivity index (χ0v) is 10.2. The van der Waals surface area contributed by atoms with Gasteiger partial charge in [0.05, 0.1) is 18.3 Å². The molecule has 6 heteroatoms. The zero-order valence-electron chi connectivity index (χ0n) is 9.38. The number of amides is 1. The topological polar surface area (TPSA) is 73.7 Å². The third-order valence-corrected chi connectivity index (χ3v) is 3.38. The molecule has 0 saturated carbocycles. The summed E-state index contributed by atoms with van der Waals surface area (Å²) in [5.41, 5.74) is 1.59. The van der Waals surface area contributed by atoms with E-state index in [1.165, 1.54) is 0 Å². The number of carbonyl (C=O) groups excluding carboxylic acids is 1. The number of hydrogen-bond donors (Lipinski definition) is 3. The first-order valence-corrected chi connectivity index (χ1v) is 6.00. The van der Waals surface area contributed by atoms with E-state index in [1.807, 2.05) is 6.07 Å². The first-order valence-electron chi connectivity index (χ1n) is 5.60. The number of fused-ring (bicyclic) bond motifs is 1. The molecule has 92 valence electrons. The minimum atomic E-state index is -0.349. The SMILES string of the molecule is O=C1NCC2=NC(=S)NC(c3cccc(O)c3)C12. The Labute approximate surface area is 109 Å². The molecule has 1 amide bonds. The molecule has 2 aliphatic rings. The highest BCUT2D eigenvalue weighted by atomic mass is 32.1. The molecule has 3 rings (SSSR count). The number of rotatable bonds is 1. The Morgan fingerprint density at radius 2 is 2.28 bits per heavy atom. The summed E-state index contributed by atoms with van der Waals surface area (Å²) >= 11 is 5.08. The molecule has 1 fully saturated rings. The molecular weight excluding hydrogens is 250 g/mol. The summed E-state index contributed by atoms with van der Waals surface area (Å²) in [5, 5.41) is 15.7. The van der Waals surface area contributed by atoms with Gasteiger partial charge in [0.15, 0.2) is 5.11 Å². The van der Waals surface area contributed by atoms with Gasteiger partial charge < -0.3 is 15.7 Å². The normalized spacial score (nSPS) is 26.1. The molecule has 2 atom stereocenters. The van der Waals surface area contributed by atoms with E-state index in [0.29, 0.717) is 11.7 Å². The van der Waals surface area contributed by atoms with Gasteiger partial charge in [-0.3, -0.25) is 4.79 Å². The van der Waals surface area contributed by atoms with Gasteiger partial charge in [-0.05, 0) is 29.9 Å². The summed E-state index contributed by atoms with van der Waals surface area (Å²) in [6, 6.07) is 6.56. The van der Waals surface area contributed by atoms with Gasteiger partial charge in [-0.1, -0.05) is 12.1 Å². The number of nitrogens with one attached hydrogen (secondary N) is 2. The largest absolute Gasteiger partial charge is 0.508 e. The molecule has 2 unspecified atom stereocenters. The van der Waals surface area contributed by atoms with Gasteiger partial charge in [-0.25, -0.2) is 4.99 Å². The van der Waals surface area contributed by atoms with Gasteiger partial charge in [-0.15, -0.1) is 0 Å². The summed E-state index contributed by atoms with van der Waals surface area (Å²) in [7, 11) is 0. The number of hydrogen-bond acceptors (Lipinski definition) is 3. The third-order valence-electron chi connectivity index (χ3n) is 3.17. The van der Waals surface area contributed by atoms with Gasteiger partial charge in [0, 0.05) is 0 Å². The molecule has 3 N–H and O–H groups in total. The first-order chi connectivity index (χ1) is 8.65. The molecule has 0 bridgehead atoms. The highest BCUT2D eigenvalue weighted by Gasteiger charge is 2.41. The van der Waals surface area contributed by atoms with Gasteiger partial charge in [-0.2, -0.15) is 0 Å². The third kappa shape index (κ3) is 1.74. The van der Waals surface area contributed by atoms with Crippen molar-refractivity contribution in [3.63, 3.8) is 0 Å². The molecule has 0 aromatic heterocycles. The van der Waals surface area contributed by atoms with E-state index in [4.69, 9.17) is 12.2 Å². The number of nitrogens with zero attached hydrogens (tertiary/aromatic N) is 1. The Balaban J connectivity index is 2.04. The van der Waals surface area contributed by atoms with Crippen LogP contribution in [0.25, 0.3) is 0 Å². The Bertz CT molecular complexity index is 570. The van der Waals surface area contributed by atoms with E-state index in [9.17, 15) is 9.90 Å². The number of benzene rings is 1. The Morgan fingerprint density at radius 3 is 3.06 bits per heavy atom. The van der Waals surface area contributed by atoms with E-state index in [-0.39, 0.29) is 23.6 Å². The fourth-order valence-corrected chi connectivity index (χ4v) is 2.62. The quantitative estimate of drug-likeness (QED) is 0.644. The van der Waals surface area contributed by atoms with E-state index in [2.05, 4.69) is 15.6 Å². The smallest absolute Gasteiger partial charge is 0.231 e. The summed E-state index contributed by atoms with van der Waals surface area (Å²) in [6.07, 6.45) is 0. The maximum absolute atomic E-state index is 11.8. The summed E-state index contributed by atoms with van der Waals surface area (Å²) in [5.74, 6) is -0.238. The maximum Gasteiger partial charge on any atom is 0.231 e. The second kappa shape index (κ2) is 4.06. The van der Waals surface area contributed by atoms with E-state index < -0.39 is 0 Å². The molecule has 1 aromatic rings. The molecule has 1 saturated heterocycles. The van der Waals surface area contributed by atoms with Crippen LogP contribution in [0.4, 0.5) is 0 Å². The van der Waals surface area contributed by atoms with Crippen molar-refractivity contribution in [2.75, 3.05) is 6.54 Å². The summed E-state index contributed by atoms with van der Waals surface area (Å²) in [6.45, 7) is 0.445. The lowest BCUT2D eigenvalue weighted by atomic mass is 9.89. The van der Waals surface area contributed by atoms with Gasteiger partial charge >= 0.3 is 0 Å². The minimum Gasteiger partial charge on any atom is -0.508 e. The number of phenolic OH excluding ortho intramolecular Hbond substituents is 1. The number of carbonyl (C=O) groups is 1. The van der Waals surface area contributed by atoms with E-state index >= 15 is 0 Å². The van der Waals surface area contributed by atoms with Crippen LogP contribution in [0.3, 0.4) is 0 Å². The minimum absolute atomic E-state index is 0.0582. The van der Waals surface area contributed by atoms with Crippen LogP contribution < -0.4 is 10.6 Å². The number of aliphatic imine (C=N–C) groups is 1. The summed E-state index contributed by atoms with van der Waals surface area (Å²) < 4.78 is 0. The molecule has 5 nitrogen and oxygen atoms in total. The van der Waals surface area contributed by atoms with Gasteiger partial charge in [0.1, 0.15) is 11.7 Å². The van der Waals surface area contributed by atoms with Crippen molar-refractivity contribution >= 4 is 28.9 Å². The second-order valence-corrected chi connectivity index (χ2v) is 4.71. The van der Waals surface area contributed by atoms with Crippen LogP contribution in [0.15, 0.2) is 29.3 Å². The number of thiocarbonyl (C=S) groups is 1. The van der Waals surface area contributed by atoms with Crippen molar-refractivity contribution in [1.29, 1.82) is 0 Å². The Kier molecular flexibility index (Phi) is 2.52. The first kappa shape index (κ1) is 11.2. The van der Waals surface area contributed by atoms with Crippen LogP contribution in [-0.2, 0) is 4.79 Å². The van der Waals surface area contributed by atoms with Crippen molar-refractivity contribution in [2.24, 2.45) is 10.9 Å². The van der Waals surface area contributed by atoms with Crippen LogP contribution in [0, 0.1) is 5.92 Å². The molecule has 0 aliphatic carbocycles. The molecular formula is C12H11N3O2S. The molecule has 2 heterocycles. The molecule has 1 aromatic carbocycles. The van der Waals surface area contributed by atoms with Crippen LogP contribution in [-0.4, -0.2) is 28.4 Å². The fraction of sp³-hybridized carbons (Fsp3) is 0.250. The Hall–Kier alpha value is -1.95. The lowest BCUT2D eigenvalue weighted by molar-refractivity contribution is -0.122. The van der Waals surface area contributed by atoms with Gasteiger partial charge in [0.25, 0.3) is 0 Å². The standard InChI is InChI=1S/C12H11N3O2S/c16-7-3-1-2-6(4-7)10-9-8(5-13-11(9)17)14-12(18)15-10/h1-4,9-10,16H,5H2,(H,13,17)(H,15,18). The number of phenols is 1. The van der Waals surface area contributed by atoms with Crippen molar-refractivity contribution in [3.05, 3.63) is 29.8 Å². The van der Waals surface area contributed by atoms with Crippen LogP contribution in [0.1, 0.15) is 11.6 Å². The van der Waals surface area contributed by atoms with Crippen molar-refractivity contribution in [1.82, 2.24) is 10.6 Å². The van der Waals surface area contributed by atoms with E-state index in [0.717, 1.165) is 11.3 Å². The highest BCUT2D eigenvalue weighted by Crippen LogP contribution is 2.30. The number of aromatic hydroxyl groups is 1. The average Bonchev–Trinajstić information content (AvgIpc) is 2.70. The van der Waals surface area contributed by atoms with Crippen LogP contribution in [0.5, 0.6) is 5.75 Å². The van der Waals surface area contributed by atoms with Crippen molar-refractivity contribution in [2.45, 2.75) is 6.04 Å². The lowest BCUT2D eigenvalue weighted by Crippen LogP contribution is -2.41. The zero-order chi connectivity index (χ0) is 12.7. The monoisotopic (exact) mass is 261 g/mol. The average molecular weight is 261 g/mol. The molecule has 2 aliphatic heterocycles. The van der Waals surface area contributed by atoms with Crippen LogP contribution >= 0.6 is 12.2 Å². The predicted molar refractivity (Wildman–Crippen MR) is 70.5 cm³/mol. The van der Waals surface area contributed by atoms with Crippen molar-refractivity contribution < 1.29 is 9.90 Å². The predicted octanol–water partition coefficient (Wildman–Crippen LogP) is 0.508. The molecule has 0 spiro atoms. The van der Waals surface area contributed by atoms with E-state index in [1.54, 1.807) is 18.2 Å².